The monoisotopic (exact) mass is 277 g/mol. The van der Waals surface area contributed by atoms with Crippen molar-refractivity contribution in [1.82, 2.24) is 9.55 Å². The minimum atomic E-state index is 0.317. The van der Waals surface area contributed by atoms with Gasteiger partial charge >= 0.3 is 0 Å². The lowest BCUT2D eigenvalue weighted by Gasteiger charge is -2.29. The molecule has 0 spiro atoms. The first-order valence-electron chi connectivity index (χ1n) is 7.97. The summed E-state index contributed by atoms with van der Waals surface area (Å²) in [6.45, 7) is 5.21. The van der Waals surface area contributed by atoms with Crippen LogP contribution in [0.25, 0.3) is 0 Å². The Bertz CT molecular complexity index is 445. The van der Waals surface area contributed by atoms with Gasteiger partial charge in [-0.3, -0.25) is 0 Å². The Morgan fingerprint density at radius 3 is 2.90 bits per heavy atom. The van der Waals surface area contributed by atoms with E-state index in [2.05, 4.69) is 28.7 Å². The van der Waals surface area contributed by atoms with Crippen LogP contribution in [0.5, 0.6) is 0 Å². The van der Waals surface area contributed by atoms with E-state index in [1.165, 1.54) is 25.7 Å². The molecule has 1 aromatic heterocycles. The highest BCUT2D eigenvalue weighted by Crippen LogP contribution is 2.49. The van der Waals surface area contributed by atoms with E-state index in [9.17, 15) is 0 Å². The van der Waals surface area contributed by atoms with Crippen LogP contribution in [0.1, 0.15) is 45.6 Å². The first-order chi connectivity index (χ1) is 9.69. The van der Waals surface area contributed by atoms with Gasteiger partial charge in [-0.15, -0.1) is 0 Å². The zero-order chi connectivity index (χ0) is 14.1. The third-order valence-corrected chi connectivity index (χ3v) is 5.34. The van der Waals surface area contributed by atoms with E-state index in [1.54, 1.807) is 7.11 Å². The van der Waals surface area contributed by atoms with Crippen LogP contribution in [0.15, 0.2) is 12.4 Å². The van der Waals surface area contributed by atoms with Crippen molar-refractivity contribution in [2.24, 2.45) is 17.8 Å². The van der Waals surface area contributed by atoms with E-state index in [0.717, 1.165) is 23.7 Å². The molecule has 2 bridgehead atoms. The normalized spacial score (nSPS) is 31.4. The summed E-state index contributed by atoms with van der Waals surface area (Å²) in [5.74, 6) is 3.77. The molecule has 0 amide bonds. The number of methoxy groups -OCH3 is 1. The molecule has 5 atom stereocenters. The van der Waals surface area contributed by atoms with Crippen molar-refractivity contribution < 1.29 is 4.74 Å². The molecule has 4 heteroatoms. The Morgan fingerprint density at radius 2 is 2.25 bits per heavy atom. The van der Waals surface area contributed by atoms with E-state index >= 15 is 0 Å². The highest BCUT2D eigenvalue weighted by molar-refractivity contribution is 5.29. The number of anilines is 1. The molecule has 0 saturated heterocycles. The summed E-state index contributed by atoms with van der Waals surface area (Å²) in [7, 11) is 1.75. The minimum Gasteiger partial charge on any atom is -0.383 e. The molecular weight excluding hydrogens is 250 g/mol. The van der Waals surface area contributed by atoms with Crippen LogP contribution in [-0.2, 0) is 4.74 Å². The molecule has 1 aromatic rings. The quantitative estimate of drug-likeness (QED) is 0.867. The summed E-state index contributed by atoms with van der Waals surface area (Å²) in [5, 5.41) is 3.65. The fraction of sp³-hybridized carbons (Fsp3) is 0.812. The molecule has 0 aliphatic heterocycles. The number of nitrogens with one attached hydrogen (secondary N) is 1. The van der Waals surface area contributed by atoms with Crippen molar-refractivity contribution in [3.63, 3.8) is 0 Å². The van der Waals surface area contributed by atoms with Crippen molar-refractivity contribution in [1.29, 1.82) is 0 Å². The minimum absolute atomic E-state index is 0.317. The topological polar surface area (TPSA) is 39.1 Å². The molecule has 2 aliphatic carbocycles. The second-order valence-electron chi connectivity index (χ2n) is 6.73. The van der Waals surface area contributed by atoms with Gasteiger partial charge in [-0.25, -0.2) is 4.98 Å². The van der Waals surface area contributed by atoms with E-state index in [4.69, 9.17) is 4.74 Å². The van der Waals surface area contributed by atoms with Crippen LogP contribution in [0.3, 0.4) is 0 Å². The van der Waals surface area contributed by atoms with Gasteiger partial charge in [0.25, 0.3) is 0 Å². The molecule has 1 N–H and O–H groups in total. The van der Waals surface area contributed by atoms with E-state index in [0.29, 0.717) is 18.7 Å². The Labute approximate surface area is 121 Å². The van der Waals surface area contributed by atoms with Gasteiger partial charge in [0.1, 0.15) is 0 Å². The standard InChI is InChI=1S/C16H27N3O/c1-11(10-20-3)19-7-6-17-16(19)18-12(2)15-9-13-4-5-14(15)8-13/h6-7,11-15H,4-5,8-10H2,1-3H3,(H,17,18). The summed E-state index contributed by atoms with van der Waals surface area (Å²) in [6.07, 6.45) is 9.70. The maximum Gasteiger partial charge on any atom is 0.203 e. The number of hydrogen-bond donors (Lipinski definition) is 1. The van der Waals surface area contributed by atoms with Crippen LogP contribution in [0, 0.1) is 17.8 Å². The molecule has 4 nitrogen and oxygen atoms in total. The first-order valence-corrected chi connectivity index (χ1v) is 7.97. The summed E-state index contributed by atoms with van der Waals surface area (Å²) in [6, 6.07) is 0.832. The van der Waals surface area contributed by atoms with Gasteiger partial charge in [-0.2, -0.15) is 0 Å². The second-order valence-corrected chi connectivity index (χ2v) is 6.73. The lowest BCUT2D eigenvalue weighted by Crippen LogP contribution is -2.31. The fourth-order valence-electron chi connectivity index (χ4n) is 4.32. The molecule has 2 fully saturated rings. The Morgan fingerprint density at radius 1 is 1.40 bits per heavy atom. The molecular formula is C16H27N3O. The average molecular weight is 277 g/mol. The third-order valence-electron chi connectivity index (χ3n) is 5.34. The van der Waals surface area contributed by atoms with E-state index < -0.39 is 0 Å². The predicted octanol–water partition coefficient (Wildman–Crippen LogP) is 3.33. The van der Waals surface area contributed by atoms with Gasteiger partial charge in [0.15, 0.2) is 0 Å². The van der Waals surface area contributed by atoms with E-state index in [1.807, 2.05) is 12.4 Å². The molecule has 5 unspecified atom stereocenters. The zero-order valence-electron chi connectivity index (χ0n) is 12.9. The van der Waals surface area contributed by atoms with Crippen LogP contribution >= 0.6 is 0 Å². The predicted molar refractivity (Wildman–Crippen MR) is 80.8 cm³/mol. The summed E-state index contributed by atoms with van der Waals surface area (Å²) >= 11 is 0. The van der Waals surface area contributed by atoms with Gasteiger partial charge in [0.2, 0.25) is 5.95 Å². The van der Waals surface area contributed by atoms with Crippen molar-refractivity contribution in [3.8, 4) is 0 Å². The molecule has 0 aromatic carbocycles. The lowest BCUT2D eigenvalue weighted by molar-refractivity contribution is 0.163. The molecule has 2 saturated carbocycles. The number of fused-ring (bicyclic) bond motifs is 2. The van der Waals surface area contributed by atoms with Gasteiger partial charge in [-0.05, 0) is 50.9 Å². The number of ether oxygens (including phenoxy) is 1. The number of rotatable bonds is 6. The Balaban J connectivity index is 1.64. The third kappa shape index (κ3) is 2.58. The first kappa shape index (κ1) is 13.9. The van der Waals surface area contributed by atoms with Gasteiger partial charge in [0, 0.05) is 25.5 Å². The highest BCUT2D eigenvalue weighted by atomic mass is 16.5. The molecule has 1 heterocycles. The number of hydrogen-bond acceptors (Lipinski definition) is 3. The van der Waals surface area contributed by atoms with Crippen molar-refractivity contribution in [2.45, 2.75) is 51.6 Å². The van der Waals surface area contributed by atoms with Crippen LogP contribution in [0.2, 0.25) is 0 Å². The average Bonchev–Trinajstić information content (AvgIpc) is 3.14. The van der Waals surface area contributed by atoms with E-state index in [-0.39, 0.29) is 0 Å². The highest BCUT2D eigenvalue weighted by Gasteiger charge is 2.42. The molecule has 112 valence electrons. The second kappa shape index (κ2) is 5.76. The Kier molecular flexibility index (Phi) is 4.01. The van der Waals surface area contributed by atoms with Gasteiger partial charge < -0.3 is 14.6 Å². The largest absolute Gasteiger partial charge is 0.383 e. The summed E-state index contributed by atoms with van der Waals surface area (Å²) in [5.41, 5.74) is 0. The lowest BCUT2D eigenvalue weighted by atomic mass is 9.84. The fourth-order valence-corrected chi connectivity index (χ4v) is 4.32. The zero-order valence-corrected chi connectivity index (χ0v) is 12.9. The van der Waals surface area contributed by atoms with Crippen molar-refractivity contribution in [3.05, 3.63) is 12.4 Å². The van der Waals surface area contributed by atoms with Crippen LogP contribution in [-0.4, -0.2) is 29.3 Å². The van der Waals surface area contributed by atoms with Crippen molar-refractivity contribution >= 4 is 5.95 Å². The number of nitrogens with zero attached hydrogens (tertiary/aromatic N) is 2. The number of imidazole rings is 1. The van der Waals surface area contributed by atoms with Crippen LogP contribution < -0.4 is 5.32 Å². The molecule has 3 rings (SSSR count). The number of aromatic nitrogens is 2. The molecule has 2 aliphatic rings. The van der Waals surface area contributed by atoms with Gasteiger partial charge in [0.05, 0.1) is 12.6 Å². The molecule has 20 heavy (non-hydrogen) atoms. The maximum absolute atomic E-state index is 5.25. The maximum atomic E-state index is 5.25. The van der Waals surface area contributed by atoms with Crippen LogP contribution in [0.4, 0.5) is 5.95 Å². The molecule has 0 radical (unpaired) electrons. The summed E-state index contributed by atoms with van der Waals surface area (Å²) in [4.78, 5) is 4.49. The summed E-state index contributed by atoms with van der Waals surface area (Å²) < 4.78 is 7.44. The SMILES string of the molecule is COCC(C)n1ccnc1NC(C)C1CC2CCC1C2. The smallest absolute Gasteiger partial charge is 0.203 e. The van der Waals surface area contributed by atoms with Gasteiger partial charge in [-0.1, -0.05) is 6.42 Å². The Hall–Kier alpha value is -1.03. The van der Waals surface area contributed by atoms with Crippen molar-refractivity contribution in [2.75, 3.05) is 19.0 Å².